The number of carbonyl (C=O) groups excluding carboxylic acids is 1. The van der Waals surface area contributed by atoms with Gasteiger partial charge in [0.1, 0.15) is 5.75 Å². The van der Waals surface area contributed by atoms with Gasteiger partial charge in [0.05, 0.1) is 0 Å². The van der Waals surface area contributed by atoms with Gasteiger partial charge < -0.3 is 15.0 Å². The first-order valence-corrected chi connectivity index (χ1v) is 7.34. The Balaban J connectivity index is 2.75. The largest absolute Gasteiger partial charge is 0.483 e. The minimum atomic E-state index is 0.0299. The first-order chi connectivity index (χ1) is 9.67. The zero-order valence-electron chi connectivity index (χ0n) is 13.0. The Labute approximate surface area is 122 Å². The Morgan fingerprint density at radius 2 is 1.90 bits per heavy atom. The maximum atomic E-state index is 12.0. The van der Waals surface area contributed by atoms with Crippen LogP contribution in [0.1, 0.15) is 38.8 Å². The van der Waals surface area contributed by atoms with Crippen LogP contribution in [0.4, 0.5) is 0 Å². The van der Waals surface area contributed by atoms with E-state index in [4.69, 9.17) is 4.74 Å². The van der Waals surface area contributed by atoms with E-state index in [0.717, 1.165) is 17.7 Å². The predicted octanol–water partition coefficient (Wildman–Crippen LogP) is 2.60. The number of rotatable bonds is 8. The zero-order chi connectivity index (χ0) is 15.0. The van der Waals surface area contributed by atoms with Gasteiger partial charge in [-0.15, -0.1) is 0 Å². The quantitative estimate of drug-likeness (QED) is 0.794. The van der Waals surface area contributed by atoms with Gasteiger partial charge in [-0.2, -0.15) is 0 Å². The maximum absolute atomic E-state index is 12.0. The van der Waals surface area contributed by atoms with Gasteiger partial charge in [0.2, 0.25) is 0 Å². The van der Waals surface area contributed by atoms with Gasteiger partial charge in [-0.25, -0.2) is 0 Å². The number of amides is 1. The Morgan fingerprint density at radius 1 is 1.25 bits per heavy atom. The first-order valence-electron chi connectivity index (χ1n) is 7.34. The van der Waals surface area contributed by atoms with E-state index in [-0.39, 0.29) is 18.6 Å². The average Bonchev–Trinajstić information content (AvgIpc) is 2.48. The molecule has 1 atom stereocenters. The lowest BCUT2D eigenvalue weighted by Gasteiger charge is -2.21. The van der Waals surface area contributed by atoms with Crippen LogP contribution in [0, 0.1) is 0 Å². The lowest BCUT2D eigenvalue weighted by Crippen LogP contribution is -2.34. The topological polar surface area (TPSA) is 41.6 Å². The van der Waals surface area contributed by atoms with Crippen LogP contribution in [0.25, 0.3) is 0 Å². The molecule has 112 valence electrons. The summed E-state index contributed by atoms with van der Waals surface area (Å²) in [5.74, 6) is 0.816. The zero-order valence-corrected chi connectivity index (χ0v) is 13.0. The van der Waals surface area contributed by atoms with Crippen LogP contribution in [-0.4, -0.2) is 37.6 Å². The molecule has 1 amide bonds. The number of hydrogen-bond acceptors (Lipinski definition) is 3. The molecule has 0 saturated heterocycles. The van der Waals surface area contributed by atoms with Gasteiger partial charge in [-0.05, 0) is 33.4 Å². The third kappa shape index (κ3) is 4.23. The van der Waals surface area contributed by atoms with Crippen molar-refractivity contribution in [2.24, 2.45) is 0 Å². The average molecular weight is 278 g/mol. The second-order valence-electron chi connectivity index (χ2n) is 4.64. The van der Waals surface area contributed by atoms with Gasteiger partial charge >= 0.3 is 0 Å². The van der Waals surface area contributed by atoms with E-state index < -0.39 is 0 Å². The van der Waals surface area contributed by atoms with E-state index in [1.54, 1.807) is 4.90 Å². The normalized spacial score (nSPS) is 12.0. The van der Waals surface area contributed by atoms with Crippen molar-refractivity contribution in [1.29, 1.82) is 0 Å². The van der Waals surface area contributed by atoms with Crippen molar-refractivity contribution in [3.05, 3.63) is 29.8 Å². The third-order valence-corrected chi connectivity index (χ3v) is 3.52. The molecule has 1 N–H and O–H groups in total. The highest BCUT2D eigenvalue weighted by atomic mass is 16.5. The summed E-state index contributed by atoms with van der Waals surface area (Å²) in [4.78, 5) is 13.8. The number of ether oxygens (including phenoxy) is 1. The summed E-state index contributed by atoms with van der Waals surface area (Å²) in [5.41, 5.74) is 1.10. The Morgan fingerprint density at radius 3 is 2.45 bits per heavy atom. The van der Waals surface area contributed by atoms with E-state index in [2.05, 4.69) is 12.2 Å². The number of para-hydroxylation sites is 1. The lowest BCUT2D eigenvalue weighted by molar-refractivity contribution is -0.132. The van der Waals surface area contributed by atoms with Crippen molar-refractivity contribution in [2.75, 3.05) is 26.7 Å². The van der Waals surface area contributed by atoms with Crippen molar-refractivity contribution in [3.63, 3.8) is 0 Å². The van der Waals surface area contributed by atoms with E-state index in [1.165, 1.54) is 0 Å². The fraction of sp³-hybridized carbons (Fsp3) is 0.562. The van der Waals surface area contributed by atoms with Crippen molar-refractivity contribution < 1.29 is 9.53 Å². The molecular weight excluding hydrogens is 252 g/mol. The molecule has 4 heteroatoms. The van der Waals surface area contributed by atoms with E-state index in [1.807, 2.05) is 45.2 Å². The molecule has 1 rings (SSSR count). The molecule has 0 bridgehead atoms. The summed E-state index contributed by atoms with van der Waals surface area (Å²) < 4.78 is 5.74. The highest BCUT2D eigenvalue weighted by Crippen LogP contribution is 2.26. The highest BCUT2D eigenvalue weighted by molar-refractivity contribution is 5.77. The van der Waals surface area contributed by atoms with Gasteiger partial charge in [0.25, 0.3) is 5.91 Å². The van der Waals surface area contributed by atoms with Gasteiger partial charge in [-0.3, -0.25) is 4.79 Å². The molecule has 1 aromatic carbocycles. The number of carbonyl (C=O) groups is 1. The van der Waals surface area contributed by atoms with Crippen LogP contribution in [0.3, 0.4) is 0 Å². The summed E-state index contributed by atoms with van der Waals surface area (Å²) in [7, 11) is 1.94. The SMILES string of the molecule is CCC(NC)c1ccccc1OCC(=O)N(CC)CC. The van der Waals surface area contributed by atoms with E-state index >= 15 is 0 Å². The lowest BCUT2D eigenvalue weighted by atomic mass is 10.0. The van der Waals surface area contributed by atoms with Crippen LogP contribution < -0.4 is 10.1 Å². The molecule has 0 aliphatic rings. The van der Waals surface area contributed by atoms with Crippen molar-refractivity contribution >= 4 is 5.91 Å². The van der Waals surface area contributed by atoms with Gasteiger partial charge in [-0.1, -0.05) is 25.1 Å². The van der Waals surface area contributed by atoms with E-state index in [0.29, 0.717) is 13.1 Å². The molecule has 20 heavy (non-hydrogen) atoms. The number of benzene rings is 1. The molecule has 0 saturated carbocycles. The molecule has 1 aromatic rings. The summed E-state index contributed by atoms with van der Waals surface area (Å²) >= 11 is 0. The van der Waals surface area contributed by atoms with E-state index in [9.17, 15) is 4.79 Å². The number of hydrogen-bond donors (Lipinski definition) is 1. The smallest absolute Gasteiger partial charge is 0.260 e. The Kier molecular flexibility index (Phi) is 7.09. The highest BCUT2D eigenvalue weighted by Gasteiger charge is 2.15. The molecule has 0 spiro atoms. The fourth-order valence-corrected chi connectivity index (χ4v) is 2.29. The number of likely N-dealkylation sites (N-methyl/N-ethyl adjacent to an activating group) is 1. The molecule has 0 aliphatic heterocycles. The second-order valence-corrected chi connectivity index (χ2v) is 4.64. The minimum Gasteiger partial charge on any atom is -0.483 e. The van der Waals surface area contributed by atoms with Gasteiger partial charge in [0, 0.05) is 24.7 Å². The fourth-order valence-electron chi connectivity index (χ4n) is 2.29. The molecule has 0 aliphatic carbocycles. The monoisotopic (exact) mass is 278 g/mol. The van der Waals surface area contributed by atoms with Crippen molar-refractivity contribution in [3.8, 4) is 5.75 Å². The molecule has 0 aromatic heterocycles. The maximum Gasteiger partial charge on any atom is 0.260 e. The molecule has 0 radical (unpaired) electrons. The standard InChI is InChI=1S/C16H26N2O2/c1-5-14(17-4)13-10-8-9-11-15(13)20-12-16(19)18(6-2)7-3/h8-11,14,17H,5-7,12H2,1-4H3. The minimum absolute atomic E-state index is 0.0299. The van der Waals surface area contributed by atoms with Gasteiger partial charge in [0.15, 0.2) is 6.61 Å². The third-order valence-electron chi connectivity index (χ3n) is 3.52. The summed E-state index contributed by atoms with van der Waals surface area (Å²) in [6.45, 7) is 7.60. The Hall–Kier alpha value is -1.55. The molecule has 0 heterocycles. The van der Waals surface area contributed by atoms with Crippen LogP contribution >= 0.6 is 0 Å². The number of nitrogens with zero attached hydrogens (tertiary/aromatic N) is 1. The van der Waals surface area contributed by atoms with Crippen molar-refractivity contribution in [1.82, 2.24) is 10.2 Å². The van der Waals surface area contributed by atoms with Crippen LogP contribution in [-0.2, 0) is 4.79 Å². The van der Waals surface area contributed by atoms with Crippen molar-refractivity contribution in [2.45, 2.75) is 33.2 Å². The summed E-state index contributed by atoms with van der Waals surface area (Å²) in [5, 5.41) is 3.27. The predicted molar refractivity (Wildman–Crippen MR) is 82.0 cm³/mol. The number of nitrogens with one attached hydrogen (secondary N) is 1. The molecule has 1 unspecified atom stereocenters. The molecular formula is C16H26N2O2. The first kappa shape index (κ1) is 16.5. The summed E-state index contributed by atoms with van der Waals surface area (Å²) in [6.07, 6.45) is 0.973. The Bertz CT molecular complexity index is 413. The van der Waals surface area contributed by atoms with Crippen LogP contribution in [0.5, 0.6) is 5.75 Å². The summed E-state index contributed by atoms with van der Waals surface area (Å²) in [6, 6.07) is 8.14. The van der Waals surface area contributed by atoms with Crippen LogP contribution in [0.2, 0.25) is 0 Å². The molecule has 4 nitrogen and oxygen atoms in total. The second kappa shape index (κ2) is 8.59. The molecule has 0 fully saturated rings. The van der Waals surface area contributed by atoms with Crippen LogP contribution in [0.15, 0.2) is 24.3 Å².